The van der Waals surface area contributed by atoms with Crippen LogP contribution in [-0.4, -0.2) is 24.6 Å². The first-order chi connectivity index (χ1) is 7.61. The Hall–Kier alpha value is -1.78. The summed E-state index contributed by atoms with van der Waals surface area (Å²) < 4.78 is 4.95. The van der Waals surface area contributed by atoms with E-state index in [2.05, 4.69) is 29.1 Å². The molecule has 88 valence electrons. The summed E-state index contributed by atoms with van der Waals surface area (Å²) in [7, 11) is 1.58. The van der Waals surface area contributed by atoms with E-state index >= 15 is 0 Å². The van der Waals surface area contributed by atoms with E-state index in [1.165, 1.54) is 0 Å². The summed E-state index contributed by atoms with van der Waals surface area (Å²) in [6.07, 6.45) is 1.65. The lowest BCUT2D eigenvalue weighted by molar-refractivity contribution is 0.398. The van der Waals surface area contributed by atoms with Gasteiger partial charge in [0.05, 0.1) is 19.0 Å². The molecule has 1 heterocycles. The third kappa shape index (κ3) is 4.16. The van der Waals surface area contributed by atoms with Crippen molar-refractivity contribution < 1.29 is 4.74 Å². The molecule has 0 atom stereocenters. The van der Waals surface area contributed by atoms with Crippen molar-refractivity contribution in [1.29, 1.82) is 0 Å². The fourth-order valence-corrected chi connectivity index (χ4v) is 1.04. The molecular weight excluding hydrogens is 204 g/mol. The maximum Gasteiger partial charge on any atom is 0.213 e. The fourth-order valence-electron chi connectivity index (χ4n) is 1.04. The van der Waals surface area contributed by atoms with Crippen molar-refractivity contribution in [2.75, 3.05) is 19.0 Å². The minimum Gasteiger partial charge on any atom is -0.481 e. The predicted octanol–water partition coefficient (Wildman–Crippen LogP) is 1.47. The molecule has 0 aliphatic carbocycles. The van der Waals surface area contributed by atoms with Crippen LogP contribution in [0.15, 0.2) is 23.3 Å². The molecular formula is C11H18N4O. The van der Waals surface area contributed by atoms with Gasteiger partial charge < -0.3 is 15.8 Å². The maximum absolute atomic E-state index is 5.70. The minimum atomic E-state index is 0.403. The van der Waals surface area contributed by atoms with Crippen LogP contribution in [0.2, 0.25) is 0 Å². The van der Waals surface area contributed by atoms with Crippen molar-refractivity contribution in [3.63, 3.8) is 0 Å². The van der Waals surface area contributed by atoms with Crippen LogP contribution in [0.5, 0.6) is 5.88 Å². The lowest BCUT2D eigenvalue weighted by Gasteiger charge is -2.06. The first kappa shape index (κ1) is 12.3. The second-order valence-electron chi connectivity index (χ2n) is 3.83. The van der Waals surface area contributed by atoms with Crippen molar-refractivity contribution >= 4 is 11.6 Å². The summed E-state index contributed by atoms with van der Waals surface area (Å²) in [5.74, 6) is 1.47. The average Bonchev–Trinajstić information content (AvgIpc) is 2.27. The number of methoxy groups -OCH3 is 1. The van der Waals surface area contributed by atoms with E-state index in [1.54, 1.807) is 19.4 Å². The van der Waals surface area contributed by atoms with E-state index in [1.807, 2.05) is 6.07 Å². The van der Waals surface area contributed by atoms with E-state index in [4.69, 9.17) is 10.5 Å². The number of nitrogens with two attached hydrogens (primary N) is 1. The highest BCUT2D eigenvalue weighted by Gasteiger charge is 1.97. The van der Waals surface area contributed by atoms with Gasteiger partial charge in [-0.25, -0.2) is 4.98 Å². The zero-order chi connectivity index (χ0) is 12.0. The highest BCUT2D eigenvalue weighted by Crippen LogP contribution is 2.10. The highest BCUT2D eigenvalue weighted by atomic mass is 16.5. The Morgan fingerprint density at radius 3 is 2.81 bits per heavy atom. The summed E-state index contributed by atoms with van der Waals surface area (Å²) in [5, 5.41) is 2.96. The Bertz CT molecular complexity index is 346. The van der Waals surface area contributed by atoms with Crippen LogP contribution < -0.4 is 15.8 Å². The quantitative estimate of drug-likeness (QED) is 0.597. The molecule has 0 amide bonds. The third-order valence-electron chi connectivity index (χ3n) is 1.84. The zero-order valence-electron chi connectivity index (χ0n) is 9.90. The van der Waals surface area contributed by atoms with E-state index in [9.17, 15) is 0 Å². The van der Waals surface area contributed by atoms with Crippen molar-refractivity contribution in [3.05, 3.63) is 18.3 Å². The molecule has 0 saturated carbocycles. The van der Waals surface area contributed by atoms with Gasteiger partial charge in [0.15, 0.2) is 5.96 Å². The molecule has 0 aliphatic heterocycles. The molecule has 0 unspecified atom stereocenters. The van der Waals surface area contributed by atoms with Gasteiger partial charge in [-0.05, 0) is 12.0 Å². The zero-order valence-corrected chi connectivity index (χ0v) is 9.90. The molecule has 0 radical (unpaired) electrons. The molecule has 16 heavy (non-hydrogen) atoms. The van der Waals surface area contributed by atoms with Crippen molar-refractivity contribution in [2.24, 2.45) is 16.6 Å². The Labute approximate surface area is 95.7 Å². The predicted molar refractivity (Wildman–Crippen MR) is 65.7 cm³/mol. The largest absolute Gasteiger partial charge is 0.481 e. The SMILES string of the molecule is COc1ccc(NC(N)=NCC(C)C)cn1. The van der Waals surface area contributed by atoms with Gasteiger partial charge in [0.2, 0.25) is 5.88 Å². The Kier molecular flexibility index (Phi) is 4.57. The summed E-state index contributed by atoms with van der Waals surface area (Å²) in [5.41, 5.74) is 6.50. The van der Waals surface area contributed by atoms with Gasteiger partial charge in [0.1, 0.15) is 0 Å². The van der Waals surface area contributed by atoms with Gasteiger partial charge in [-0.1, -0.05) is 13.8 Å². The molecule has 0 bridgehead atoms. The molecule has 0 aromatic carbocycles. The highest BCUT2D eigenvalue weighted by molar-refractivity contribution is 5.92. The molecule has 5 nitrogen and oxygen atoms in total. The molecule has 1 aromatic rings. The van der Waals surface area contributed by atoms with E-state index in [0.29, 0.717) is 24.3 Å². The molecule has 0 saturated heterocycles. The number of anilines is 1. The van der Waals surface area contributed by atoms with Gasteiger partial charge in [-0.2, -0.15) is 0 Å². The van der Waals surface area contributed by atoms with Gasteiger partial charge in [-0.3, -0.25) is 4.99 Å². The fraction of sp³-hybridized carbons (Fsp3) is 0.455. The lowest BCUT2D eigenvalue weighted by atomic mass is 10.2. The van der Waals surface area contributed by atoms with E-state index < -0.39 is 0 Å². The number of guanidine groups is 1. The van der Waals surface area contributed by atoms with Gasteiger partial charge >= 0.3 is 0 Å². The maximum atomic E-state index is 5.70. The summed E-state index contributed by atoms with van der Waals surface area (Å²) in [6.45, 7) is 4.89. The minimum absolute atomic E-state index is 0.403. The van der Waals surface area contributed by atoms with Crippen LogP contribution in [0.1, 0.15) is 13.8 Å². The van der Waals surface area contributed by atoms with Crippen molar-refractivity contribution in [3.8, 4) is 5.88 Å². The Balaban J connectivity index is 2.55. The first-order valence-corrected chi connectivity index (χ1v) is 5.18. The van der Waals surface area contributed by atoms with Crippen LogP contribution in [-0.2, 0) is 0 Å². The van der Waals surface area contributed by atoms with Crippen LogP contribution >= 0.6 is 0 Å². The Morgan fingerprint density at radius 2 is 2.31 bits per heavy atom. The van der Waals surface area contributed by atoms with Crippen molar-refractivity contribution in [2.45, 2.75) is 13.8 Å². The summed E-state index contributed by atoms with van der Waals surface area (Å²) in [6, 6.07) is 3.60. The standard InChI is InChI=1S/C11H18N4O/c1-8(2)6-14-11(12)15-9-4-5-10(16-3)13-7-9/h4-5,7-8H,6H2,1-3H3,(H3,12,14,15). The second-order valence-corrected chi connectivity index (χ2v) is 3.83. The molecule has 0 fully saturated rings. The van der Waals surface area contributed by atoms with Crippen LogP contribution in [0.4, 0.5) is 5.69 Å². The monoisotopic (exact) mass is 222 g/mol. The second kappa shape index (κ2) is 5.95. The van der Waals surface area contributed by atoms with Crippen LogP contribution in [0, 0.1) is 5.92 Å². The Morgan fingerprint density at radius 1 is 1.56 bits per heavy atom. The number of aromatic nitrogens is 1. The number of hydrogen-bond donors (Lipinski definition) is 2. The summed E-state index contributed by atoms with van der Waals surface area (Å²) in [4.78, 5) is 8.24. The number of aliphatic imine (C=N–C) groups is 1. The summed E-state index contributed by atoms with van der Waals surface area (Å²) >= 11 is 0. The molecule has 1 aromatic heterocycles. The number of hydrogen-bond acceptors (Lipinski definition) is 3. The number of rotatable bonds is 4. The average molecular weight is 222 g/mol. The molecule has 1 rings (SSSR count). The topological polar surface area (TPSA) is 72.5 Å². The number of pyridine rings is 1. The van der Waals surface area contributed by atoms with Crippen molar-refractivity contribution in [1.82, 2.24) is 4.98 Å². The van der Waals surface area contributed by atoms with Gasteiger partial charge in [-0.15, -0.1) is 0 Å². The third-order valence-corrected chi connectivity index (χ3v) is 1.84. The van der Waals surface area contributed by atoms with Gasteiger partial charge in [0, 0.05) is 12.6 Å². The number of nitrogens with zero attached hydrogens (tertiary/aromatic N) is 2. The van der Waals surface area contributed by atoms with Crippen LogP contribution in [0.25, 0.3) is 0 Å². The molecule has 0 aliphatic rings. The molecule has 5 heteroatoms. The van der Waals surface area contributed by atoms with E-state index in [0.717, 1.165) is 5.69 Å². The normalized spacial score (nSPS) is 11.6. The number of ether oxygens (including phenoxy) is 1. The van der Waals surface area contributed by atoms with Gasteiger partial charge in [0.25, 0.3) is 0 Å². The lowest BCUT2D eigenvalue weighted by Crippen LogP contribution is -2.23. The van der Waals surface area contributed by atoms with E-state index in [-0.39, 0.29) is 0 Å². The molecule has 3 N–H and O–H groups in total. The number of nitrogens with one attached hydrogen (secondary N) is 1. The first-order valence-electron chi connectivity index (χ1n) is 5.18. The smallest absolute Gasteiger partial charge is 0.213 e. The van der Waals surface area contributed by atoms with Crippen LogP contribution in [0.3, 0.4) is 0 Å². The molecule has 0 spiro atoms.